The van der Waals surface area contributed by atoms with Crippen molar-refractivity contribution in [2.45, 2.75) is 61.3 Å². The van der Waals surface area contributed by atoms with Crippen LogP contribution in [0, 0.1) is 426 Å². The maximum absolute atomic E-state index is 11.6. The summed E-state index contributed by atoms with van der Waals surface area (Å²) < 4.78 is 0. The van der Waals surface area contributed by atoms with Gasteiger partial charge in [-0.1, -0.05) is 53.9 Å². The Labute approximate surface area is 494 Å². The first-order valence-corrected chi connectivity index (χ1v) is 22.5. The highest BCUT2D eigenvalue weighted by molar-refractivity contribution is 5.84. The second-order valence-electron chi connectivity index (χ2n) is 14.1. The quantitative estimate of drug-likeness (QED) is 0.389. The Balaban J connectivity index is 0. The smallest absolute Gasteiger partial charge is 0.138 e. The van der Waals surface area contributed by atoms with E-state index in [2.05, 4.69) is 429 Å². The number of carbonyl (C=O) groups excluding carboxylic acids is 1. The van der Waals surface area contributed by atoms with Gasteiger partial charge in [-0.3, -0.25) is 4.79 Å². The van der Waals surface area contributed by atoms with Crippen LogP contribution in [0.4, 0.5) is 0 Å². The van der Waals surface area contributed by atoms with Crippen molar-refractivity contribution in [2.75, 3.05) is 0 Å². The zero-order chi connectivity index (χ0) is 60.8. The van der Waals surface area contributed by atoms with Gasteiger partial charge >= 0.3 is 0 Å². The first-order chi connectivity index (χ1) is 40.6. The Bertz CT molecular complexity index is 5060. The van der Waals surface area contributed by atoms with Crippen molar-refractivity contribution >= 4 is 5.78 Å². The highest BCUT2D eigenvalue weighted by Crippen LogP contribution is 2.29. The Morgan fingerprint density at radius 2 is 0.361 bits per heavy atom. The Kier molecular flexibility index (Phi) is 47.8. The number of carbonyl (C=O) groups is 1. The summed E-state index contributed by atoms with van der Waals surface area (Å²) in [6, 6.07) is 0. The molecule has 83 heavy (non-hydrogen) atoms. The average Bonchev–Trinajstić information content (AvgIpc) is 3.48. The first-order valence-electron chi connectivity index (χ1n) is 22.5. The van der Waals surface area contributed by atoms with Crippen LogP contribution in [0.15, 0.2) is 0 Å². The molecule has 1 nitrogen and oxygen atoms in total. The van der Waals surface area contributed by atoms with Gasteiger partial charge in [0.15, 0.2) is 0 Å². The van der Waals surface area contributed by atoms with Crippen molar-refractivity contribution in [3.8, 4) is 415 Å². The Morgan fingerprint density at radius 3 is 0.458 bits per heavy atom. The van der Waals surface area contributed by atoms with Gasteiger partial charge in [-0.15, -0.1) is 6.42 Å². The molecular formula is C82H26O. The van der Waals surface area contributed by atoms with Gasteiger partial charge in [0.1, 0.15) is 5.78 Å². The van der Waals surface area contributed by atoms with E-state index in [-0.39, 0.29) is 10.8 Å². The highest BCUT2D eigenvalue weighted by atomic mass is 16.1. The molecule has 0 aromatic carbocycles. The lowest BCUT2D eigenvalue weighted by atomic mass is 9.78. The van der Waals surface area contributed by atoms with Crippen molar-refractivity contribution < 1.29 is 4.79 Å². The number of hydrogen-bond acceptors (Lipinski definition) is 1. The third kappa shape index (κ3) is 62.3. The number of rotatable bonds is 3. The van der Waals surface area contributed by atoms with Gasteiger partial charge in [0, 0.05) is 320 Å². The van der Waals surface area contributed by atoms with E-state index in [0.29, 0.717) is 12.2 Å². The van der Waals surface area contributed by atoms with E-state index >= 15 is 0 Å². The summed E-state index contributed by atoms with van der Waals surface area (Å²) in [5, 5.41) is 0. The van der Waals surface area contributed by atoms with E-state index in [1.54, 1.807) is 6.92 Å². The minimum absolute atomic E-state index is 0.171. The van der Waals surface area contributed by atoms with Gasteiger partial charge in [-0.25, -0.2) is 0 Å². The van der Waals surface area contributed by atoms with E-state index in [1.807, 2.05) is 20.8 Å². The zero-order valence-electron chi connectivity index (χ0n) is 45.4. The average molecular weight is 1030 g/mol. The lowest BCUT2D eigenvalue weighted by Gasteiger charge is -2.26. The molecule has 0 atom stereocenters. The molecule has 0 heterocycles. The fourth-order valence-electron chi connectivity index (χ4n) is 2.95. The molecular weight excluding hydrogens is 1000 g/mol. The minimum atomic E-state index is -0.174. The van der Waals surface area contributed by atoms with E-state index in [0.717, 1.165) is 6.42 Å². The van der Waals surface area contributed by atoms with Crippen LogP contribution in [0.1, 0.15) is 61.3 Å². The number of hydrogen-bond donors (Lipinski definition) is 0. The number of terminal acetylenes is 1. The molecule has 0 aliphatic heterocycles. The van der Waals surface area contributed by atoms with Crippen LogP contribution < -0.4 is 0 Å². The molecule has 360 valence electrons. The third-order valence-electron chi connectivity index (χ3n) is 6.75. The molecule has 0 saturated carbocycles. The summed E-state index contributed by atoms with van der Waals surface area (Å²) in [6.45, 7) is 14.1. The molecule has 0 bridgehead atoms. The predicted molar refractivity (Wildman–Crippen MR) is 332 cm³/mol. The maximum atomic E-state index is 11.6. The van der Waals surface area contributed by atoms with Crippen molar-refractivity contribution in [3.05, 3.63) is 0 Å². The summed E-state index contributed by atoms with van der Waals surface area (Å²) in [4.78, 5) is 11.6. The van der Waals surface area contributed by atoms with Crippen LogP contribution in [0.25, 0.3) is 0 Å². The molecule has 0 aliphatic carbocycles. The van der Waals surface area contributed by atoms with Crippen LogP contribution in [0.5, 0.6) is 0 Å². The fraction of sp³-hybridized carbons (Fsp3) is 0.134. The number of Topliss-reactive ketones (excluding diaryl/α,β-unsaturated/α-hetero) is 1. The van der Waals surface area contributed by atoms with E-state index < -0.39 is 0 Å². The standard InChI is InChI=1S/C71H4.C11H22O/c1-3-5-7-9-11-13-15-17-19-21-23-25-27-29-31-33-35-37-39-41-43-45-47-49-51-53-55-57-59-61-63-65-67-69-71-70-68-66-64-62-60-58-56-54-52-50-48-46-44-42-40-38-36-34-32-30-28-26-24-22-20-18-16-14-12-10-8-6-4-2;1-7-11(5,6)8-9(12)10(2,3)4/h1H,2H3;7-8H2,1-6H3. The largest absolute Gasteiger partial charge is 0.299 e. The van der Waals surface area contributed by atoms with E-state index in [9.17, 15) is 4.79 Å². The predicted octanol–water partition coefficient (Wildman–Crippen LogP) is 4.18. The summed E-state index contributed by atoms with van der Waals surface area (Å²) in [5.74, 6) is 172. The summed E-state index contributed by atoms with van der Waals surface area (Å²) in [5.41, 5.74) is -0.00317. The SMILES string of the molecule is C#CC#CC#CC#CC#CC#CC#CC#CC#CC#CC#CC#CC#CC#CC#CC#CC#CC#CC#CC#CC#CC#CC#CC#CC#CC#CC#CC#CC#CC#CC#CC#CC#CC#CC#CC.CCC(C)(C)CC(=O)C(C)(C)C. The molecule has 0 aromatic rings. The molecule has 0 fully saturated rings. The number of ketones is 1. The van der Waals surface area contributed by atoms with Crippen LogP contribution in [0.3, 0.4) is 0 Å². The van der Waals surface area contributed by atoms with Crippen LogP contribution in [-0.4, -0.2) is 5.78 Å². The lowest BCUT2D eigenvalue weighted by molar-refractivity contribution is -0.128. The van der Waals surface area contributed by atoms with E-state index in [4.69, 9.17) is 6.42 Å². The lowest BCUT2D eigenvalue weighted by Crippen LogP contribution is -2.26. The van der Waals surface area contributed by atoms with Crippen LogP contribution >= 0.6 is 0 Å². The molecule has 0 aromatic heterocycles. The Hall–Kier alpha value is -15.7. The Morgan fingerprint density at radius 1 is 0.241 bits per heavy atom. The van der Waals surface area contributed by atoms with Crippen LogP contribution in [-0.2, 0) is 4.79 Å². The molecule has 0 rings (SSSR count). The van der Waals surface area contributed by atoms with Crippen molar-refractivity contribution in [1.82, 2.24) is 0 Å². The summed E-state index contributed by atoms with van der Waals surface area (Å²) in [7, 11) is 0. The second-order valence-corrected chi connectivity index (χ2v) is 14.1. The van der Waals surface area contributed by atoms with Crippen LogP contribution in [0.2, 0.25) is 0 Å². The van der Waals surface area contributed by atoms with Gasteiger partial charge < -0.3 is 0 Å². The van der Waals surface area contributed by atoms with Gasteiger partial charge in [-0.2, -0.15) is 0 Å². The normalized spacial score (nSPS) is 5.28. The molecule has 0 saturated heterocycles. The monoisotopic (exact) mass is 1030 g/mol. The molecule has 0 amide bonds. The molecule has 0 spiro atoms. The van der Waals surface area contributed by atoms with Crippen molar-refractivity contribution in [2.24, 2.45) is 10.8 Å². The van der Waals surface area contributed by atoms with E-state index in [1.165, 1.54) is 0 Å². The maximum Gasteiger partial charge on any atom is 0.138 e. The summed E-state index contributed by atoms with van der Waals surface area (Å²) >= 11 is 0. The third-order valence-corrected chi connectivity index (χ3v) is 6.75. The highest BCUT2D eigenvalue weighted by Gasteiger charge is 2.27. The zero-order valence-corrected chi connectivity index (χ0v) is 45.4. The summed E-state index contributed by atoms with van der Waals surface area (Å²) in [6.07, 6.45) is 6.71. The van der Waals surface area contributed by atoms with Gasteiger partial charge in [0.25, 0.3) is 0 Å². The second kappa shape index (κ2) is 57.2. The van der Waals surface area contributed by atoms with Crippen molar-refractivity contribution in [3.63, 3.8) is 0 Å². The van der Waals surface area contributed by atoms with Gasteiger partial charge in [-0.05, 0) is 107 Å². The fourth-order valence-corrected chi connectivity index (χ4v) is 2.95. The van der Waals surface area contributed by atoms with Gasteiger partial charge in [0.05, 0.1) is 0 Å². The molecule has 0 unspecified atom stereocenters. The van der Waals surface area contributed by atoms with Crippen molar-refractivity contribution in [1.29, 1.82) is 0 Å². The molecule has 1 heteroatoms. The van der Waals surface area contributed by atoms with Gasteiger partial charge in [0.2, 0.25) is 0 Å². The molecule has 0 N–H and O–H groups in total. The topological polar surface area (TPSA) is 17.1 Å². The minimum Gasteiger partial charge on any atom is -0.299 e. The molecule has 0 radical (unpaired) electrons. The first kappa shape index (κ1) is 69.3. The molecule has 0 aliphatic rings.